The number of halogens is 2. The highest BCUT2D eigenvalue weighted by molar-refractivity contribution is 6.42. The molecule has 0 aliphatic rings. The molecule has 0 bridgehead atoms. The molecule has 16 heavy (non-hydrogen) atoms. The van der Waals surface area contributed by atoms with Crippen molar-refractivity contribution in [2.24, 2.45) is 0 Å². The largest absolute Gasteiger partial charge is 0.490 e. The van der Waals surface area contributed by atoms with Crippen LogP contribution in [0.15, 0.2) is 18.2 Å². The second-order valence-electron chi connectivity index (χ2n) is 2.85. The Labute approximate surface area is 103 Å². The highest BCUT2D eigenvalue weighted by Crippen LogP contribution is 2.31. The summed E-state index contributed by atoms with van der Waals surface area (Å²) >= 11 is 11.6. The van der Waals surface area contributed by atoms with Gasteiger partial charge in [0.15, 0.2) is 0 Å². The van der Waals surface area contributed by atoms with Gasteiger partial charge in [0, 0.05) is 0 Å². The van der Waals surface area contributed by atoms with Crippen LogP contribution in [0, 0.1) is 0 Å². The number of ether oxygens (including phenoxy) is 2. The van der Waals surface area contributed by atoms with Crippen LogP contribution >= 0.6 is 23.2 Å². The molecule has 1 N–H and O–H groups in total. The molecule has 1 rings (SSSR count). The summed E-state index contributed by atoms with van der Waals surface area (Å²) in [5.74, 6) is -0.561. The van der Waals surface area contributed by atoms with Crippen molar-refractivity contribution in [3.8, 4) is 5.75 Å². The van der Waals surface area contributed by atoms with Gasteiger partial charge in [-0.15, -0.1) is 0 Å². The fraction of sp³-hybridized carbons (Fsp3) is 0.300. The normalized spacial score (nSPS) is 10.1. The summed E-state index contributed by atoms with van der Waals surface area (Å²) in [6, 6.07) is 5.03. The Hall–Kier alpha value is -0.970. The number of benzene rings is 1. The zero-order valence-electron chi connectivity index (χ0n) is 8.28. The van der Waals surface area contributed by atoms with E-state index >= 15 is 0 Å². The van der Waals surface area contributed by atoms with Crippen LogP contribution in [0.3, 0.4) is 0 Å². The molecule has 0 heterocycles. The molecule has 0 saturated carbocycles. The molecule has 0 radical (unpaired) electrons. The van der Waals surface area contributed by atoms with Gasteiger partial charge in [0.05, 0.1) is 11.6 Å². The molecule has 0 atom stereocenters. The number of hydrogen-bond acceptors (Lipinski definition) is 3. The van der Waals surface area contributed by atoms with Crippen molar-refractivity contribution in [2.75, 3.05) is 19.8 Å². The van der Waals surface area contributed by atoms with E-state index in [0.717, 1.165) is 0 Å². The van der Waals surface area contributed by atoms with Crippen molar-refractivity contribution in [3.63, 3.8) is 0 Å². The van der Waals surface area contributed by atoms with Gasteiger partial charge in [-0.25, -0.2) is 4.79 Å². The van der Waals surface area contributed by atoms with Crippen molar-refractivity contribution in [1.82, 2.24) is 0 Å². The number of carboxylic acids is 1. The highest BCUT2D eigenvalue weighted by Gasteiger charge is 2.05. The molecule has 0 unspecified atom stereocenters. The van der Waals surface area contributed by atoms with E-state index in [-0.39, 0.29) is 19.8 Å². The van der Waals surface area contributed by atoms with Crippen molar-refractivity contribution in [3.05, 3.63) is 28.2 Å². The van der Waals surface area contributed by atoms with E-state index in [0.29, 0.717) is 15.8 Å². The van der Waals surface area contributed by atoms with E-state index < -0.39 is 5.97 Å². The first-order valence-electron chi connectivity index (χ1n) is 4.47. The molecule has 1 aromatic rings. The summed E-state index contributed by atoms with van der Waals surface area (Å²) in [4.78, 5) is 10.1. The number of rotatable bonds is 6. The maximum atomic E-state index is 10.1. The second-order valence-corrected chi connectivity index (χ2v) is 3.63. The Bertz CT molecular complexity index is 368. The smallest absolute Gasteiger partial charge is 0.329 e. The van der Waals surface area contributed by atoms with Crippen molar-refractivity contribution < 1.29 is 19.4 Å². The lowest BCUT2D eigenvalue weighted by molar-refractivity contribution is -0.142. The standard InChI is InChI=1S/C10H10Cl2O4/c11-7-2-1-3-8(10(7)12)16-5-4-15-6-9(13)14/h1-3H,4-6H2,(H,13,14). The van der Waals surface area contributed by atoms with Crippen molar-refractivity contribution in [2.45, 2.75) is 0 Å². The van der Waals surface area contributed by atoms with Gasteiger partial charge in [-0.3, -0.25) is 0 Å². The minimum Gasteiger partial charge on any atom is -0.490 e. The molecule has 6 heteroatoms. The minimum atomic E-state index is -1.01. The van der Waals surface area contributed by atoms with Crippen LogP contribution in [0.4, 0.5) is 0 Å². The van der Waals surface area contributed by atoms with Crippen LogP contribution < -0.4 is 4.74 Å². The Morgan fingerprint density at radius 1 is 1.31 bits per heavy atom. The van der Waals surface area contributed by atoms with Crippen LogP contribution in [0.1, 0.15) is 0 Å². The first-order chi connectivity index (χ1) is 7.61. The van der Waals surface area contributed by atoms with Gasteiger partial charge in [-0.05, 0) is 12.1 Å². The van der Waals surface area contributed by atoms with Crippen LogP contribution in [-0.4, -0.2) is 30.9 Å². The third kappa shape index (κ3) is 4.26. The first kappa shape index (κ1) is 13.1. The van der Waals surface area contributed by atoms with Gasteiger partial charge in [0.1, 0.15) is 24.0 Å². The zero-order chi connectivity index (χ0) is 12.0. The van der Waals surface area contributed by atoms with E-state index in [1.165, 1.54) is 0 Å². The van der Waals surface area contributed by atoms with Gasteiger partial charge in [-0.1, -0.05) is 29.3 Å². The number of carbonyl (C=O) groups is 1. The summed E-state index contributed by atoms with van der Waals surface area (Å²) in [7, 11) is 0. The average molecular weight is 265 g/mol. The van der Waals surface area contributed by atoms with E-state index in [9.17, 15) is 4.79 Å². The lowest BCUT2D eigenvalue weighted by atomic mass is 10.3. The monoisotopic (exact) mass is 264 g/mol. The lowest BCUT2D eigenvalue weighted by Crippen LogP contribution is -2.12. The second kappa shape index (κ2) is 6.58. The molecule has 0 spiro atoms. The molecule has 0 aliphatic heterocycles. The Balaban J connectivity index is 2.32. The van der Waals surface area contributed by atoms with E-state index in [1.54, 1.807) is 18.2 Å². The third-order valence-corrected chi connectivity index (χ3v) is 2.43. The molecular formula is C10H10Cl2O4. The number of aliphatic carboxylic acids is 1. The van der Waals surface area contributed by atoms with E-state index in [2.05, 4.69) is 0 Å². The van der Waals surface area contributed by atoms with Crippen LogP contribution in [-0.2, 0) is 9.53 Å². The Morgan fingerprint density at radius 3 is 2.75 bits per heavy atom. The maximum Gasteiger partial charge on any atom is 0.329 e. The van der Waals surface area contributed by atoms with Crippen LogP contribution in [0.5, 0.6) is 5.75 Å². The summed E-state index contributed by atoms with van der Waals surface area (Å²) in [5, 5.41) is 9.05. The molecule has 0 aliphatic carbocycles. The number of carboxylic acid groups (broad SMARTS) is 1. The molecule has 4 nitrogen and oxygen atoms in total. The Kier molecular flexibility index (Phi) is 5.38. The van der Waals surface area contributed by atoms with Crippen LogP contribution in [0.2, 0.25) is 10.0 Å². The molecular weight excluding hydrogens is 255 g/mol. The first-order valence-corrected chi connectivity index (χ1v) is 5.23. The average Bonchev–Trinajstić information content (AvgIpc) is 2.23. The highest BCUT2D eigenvalue weighted by atomic mass is 35.5. The molecule has 0 saturated heterocycles. The van der Waals surface area contributed by atoms with Gasteiger partial charge < -0.3 is 14.6 Å². The predicted octanol–water partition coefficient (Wildman–Crippen LogP) is 2.47. The third-order valence-electron chi connectivity index (χ3n) is 1.63. The van der Waals surface area contributed by atoms with Gasteiger partial charge >= 0.3 is 5.97 Å². The van der Waals surface area contributed by atoms with Gasteiger partial charge in [0.25, 0.3) is 0 Å². The Morgan fingerprint density at radius 2 is 2.06 bits per heavy atom. The zero-order valence-corrected chi connectivity index (χ0v) is 9.79. The van der Waals surface area contributed by atoms with E-state index in [4.69, 9.17) is 37.8 Å². The SMILES string of the molecule is O=C(O)COCCOc1cccc(Cl)c1Cl. The fourth-order valence-corrected chi connectivity index (χ4v) is 1.31. The van der Waals surface area contributed by atoms with Crippen LogP contribution in [0.25, 0.3) is 0 Å². The predicted molar refractivity (Wildman–Crippen MR) is 60.4 cm³/mol. The fourth-order valence-electron chi connectivity index (χ4n) is 0.966. The molecule has 1 aromatic carbocycles. The maximum absolute atomic E-state index is 10.1. The van der Waals surface area contributed by atoms with Crippen molar-refractivity contribution >= 4 is 29.2 Å². The van der Waals surface area contributed by atoms with Gasteiger partial charge in [0.2, 0.25) is 0 Å². The molecule has 88 valence electrons. The summed E-state index contributed by atoms with van der Waals surface area (Å²) < 4.78 is 10.1. The molecule has 0 amide bonds. The minimum absolute atomic E-state index is 0.176. The summed E-state index contributed by atoms with van der Waals surface area (Å²) in [6.07, 6.45) is 0. The molecule has 0 aromatic heterocycles. The summed E-state index contributed by atoms with van der Waals surface area (Å²) in [5.41, 5.74) is 0. The van der Waals surface area contributed by atoms with Gasteiger partial charge in [-0.2, -0.15) is 0 Å². The summed E-state index contributed by atoms with van der Waals surface area (Å²) in [6.45, 7) is 0.0507. The lowest BCUT2D eigenvalue weighted by Gasteiger charge is -2.08. The number of hydrogen-bond donors (Lipinski definition) is 1. The quantitative estimate of drug-likeness (QED) is 0.803. The van der Waals surface area contributed by atoms with Crippen molar-refractivity contribution in [1.29, 1.82) is 0 Å². The molecule has 0 fully saturated rings. The van der Waals surface area contributed by atoms with E-state index in [1.807, 2.05) is 0 Å². The topological polar surface area (TPSA) is 55.8 Å².